The van der Waals surface area contributed by atoms with E-state index < -0.39 is 29.4 Å². The van der Waals surface area contributed by atoms with E-state index >= 15 is 0 Å². The van der Waals surface area contributed by atoms with Crippen molar-refractivity contribution in [1.82, 2.24) is 25.3 Å². The number of anilines is 2. The van der Waals surface area contributed by atoms with Gasteiger partial charge >= 0.3 is 11.9 Å². The first-order valence-corrected chi connectivity index (χ1v) is 9.33. The average Bonchev–Trinajstić information content (AvgIpc) is 2.75. The molecule has 0 aliphatic carbocycles. The maximum Gasteiger partial charge on any atom is 0.326 e. The van der Waals surface area contributed by atoms with E-state index in [1.807, 2.05) is 0 Å². The van der Waals surface area contributed by atoms with E-state index in [0.717, 1.165) is 0 Å². The van der Waals surface area contributed by atoms with Gasteiger partial charge in [-0.3, -0.25) is 19.4 Å². The quantitative estimate of drug-likeness (QED) is 0.157. The number of carbonyl (C=O) groups excluding carboxylic acids is 1. The summed E-state index contributed by atoms with van der Waals surface area (Å²) in [5.41, 5.74) is 6.47. The minimum Gasteiger partial charge on any atom is -0.481 e. The fraction of sp³-hybridized carbons (Fsp3) is 0.211. The molecule has 1 aromatic carbocycles. The second-order valence-corrected chi connectivity index (χ2v) is 6.71. The number of nitrogens with one attached hydrogen (secondary N) is 3. The number of hydrogen-bond donors (Lipinski definition) is 6. The molecule has 2 radical (unpaired) electrons. The van der Waals surface area contributed by atoms with Crippen molar-refractivity contribution in [3.8, 4) is 0 Å². The molecule has 2 aromatic heterocycles. The van der Waals surface area contributed by atoms with Gasteiger partial charge in [0.25, 0.3) is 11.5 Å². The number of nitrogen functional groups attached to an aromatic ring is 1. The van der Waals surface area contributed by atoms with Gasteiger partial charge in [0.05, 0.1) is 18.4 Å². The third kappa shape index (κ3) is 7.76. The van der Waals surface area contributed by atoms with Crippen LogP contribution in [0.15, 0.2) is 35.3 Å². The van der Waals surface area contributed by atoms with Crippen molar-refractivity contribution >= 4 is 40.6 Å². The Morgan fingerprint density at radius 2 is 1.76 bits per heavy atom. The zero-order valence-electron chi connectivity index (χ0n) is 17.1. The molecule has 0 aliphatic rings. The number of carboxylic acids is 2. The molecule has 188 valence electrons. The van der Waals surface area contributed by atoms with Gasteiger partial charge < -0.3 is 26.6 Å². The molecule has 1 atom stereocenters. The number of amides is 1. The van der Waals surface area contributed by atoms with E-state index in [1.54, 1.807) is 12.1 Å². The standard InChI is InChI=1S/C19H19N7O6.2Au/c20-19-25-15-14(17(30)26-19)23-11(8-22-15)7-21-10-3-1-9(2-4-10)16(29)24-12(18(31)32)5-6-13(27)28;;/h1-4,8,12,21H,5-7H2,(H,24,29)(H,27,28)(H,31,32)(H3,20,22,25,26,30);;/t12-;;/m0../s1. The maximum atomic E-state index is 12.3. The third-order valence-electron chi connectivity index (χ3n) is 4.36. The Morgan fingerprint density at radius 3 is 2.38 bits per heavy atom. The van der Waals surface area contributed by atoms with Crippen molar-refractivity contribution in [3.63, 3.8) is 0 Å². The van der Waals surface area contributed by atoms with Crippen molar-refractivity contribution in [1.29, 1.82) is 0 Å². The number of carboxylic acid groups (broad SMARTS) is 2. The van der Waals surface area contributed by atoms with Crippen LogP contribution in [0.1, 0.15) is 28.9 Å². The zero-order chi connectivity index (χ0) is 23.3. The zero-order valence-corrected chi connectivity index (χ0v) is 21.5. The van der Waals surface area contributed by atoms with Crippen LogP contribution >= 0.6 is 0 Å². The fourth-order valence-electron chi connectivity index (χ4n) is 2.75. The fourth-order valence-corrected chi connectivity index (χ4v) is 2.75. The molecule has 15 heteroatoms. The van der Waals surface area contributed by atoms with Crippen LogP contribution in [-0.4, -0.2) is 54.0 Å². The number of benzene rings is 1. The van der Waals surface area contributed by atoms with Gasteiger partial charge in [-0.1, -0.05) is 0 Å². The second-order valence-electron chi connectivity index (χ2n) is 6.71. The first-order valence-electron chi connectivity index (χ1n) is 9.33. The molecule has 34 heavy (non-hydrogen) atoms. The van der Waals surface area contributed by atoms with Gasteiger partial charge in [0, 0.05) is 62.4 Å². The number of rotatable bonds is 9. The summed E-state index contributed by atoms with van der Waals surface area (Å²) in [6.07, 6.45) is 0.840. The predicted molar refractivity (Wildman–Crippen MR) is 112 cm³/mol. The van der Waals surface area contributed by atoms with Gasteiger partial charge in [-0.25, -0.2) is 14.8 Å². The molecule has 3 rings (SSSR count). The van der Waals surface area contributed by atoms with Crippen molar-refractivity contribution in [2.24, 2.45) is 0 Å². The van der Waals surface area contributed by atoms with Gasteiger partial charge in [0.15, 0.2) is 11.2 Å². The van der Waals surface area contributed by atoms with Crippen LogP contribution in [-0.2, 0) is 60.9 Å². The number of fused-ring (bicyclic) bond motifs is 1. The van der Waals surface area contributed by atoms with Crippen molar-refractivity contribution < 1.29 is 69.4 Å². The molecule has 2 heterocycles. The van der Waals surface area contributed by atoms with Gasteiger partial charge in [-0.05, 0) is 30.7 Å². The van der Waals surface area contributed by atoms with Gasteiger partial charge in [0.1, 0.15) is 6.04 Å². The molecule has 0 aliphatic heterocycles. The topological polar surface area (TPSA) is 213 Å². The molecule has 0 saturated carbocycles. The minimum absolute atomic E-state index is 0. The molecular weight excluding hydrogens is 816 g/mol. The largest absolute Gasteiger partial charge is 0.481 e. The predicted octanol–water partition coefficient (Wildman–Crippen LogP) is -0.0498. The third-order valence-corrected chi connectivity index (χ3v) is 4.36. The van der Waals surface area contributed by atoms with Gasteiger partial charge in [-0.2, -0.15) is 4.98 Å². The molecule has 3 aromatic rings. The first kappa shape index (κ1) is 29.0. The molecule has 1 amide bonds. The van der Waals surface area contributed by atoms with E-state index in [9.17, 15) is 19.2 Å². The number of aliphatic carboxylic acids is 2. The van der Waals surface area contributed by atoms with E-state index in [-0.39, 0.29) is 86.8 Å². The number of aromatic amines is 1. The Kier molecular flexibility index (Phi) is 11.1. The average molecular weight is 835 g/mol. The summed E-state index contributed by atoms with van der Waals surface area (Å²) < 4.78 is 0. The molecule has 13 nitrogen and oxygen atoms in total. The van der Waals surface area contributed by atoms with Gasteiger partial charge in [0.2, 0.25) is 5.95 Å². The molecular formula is C19H19Au2N7O6. The summed E-state index contributed by atoms with van der Waals surface area (Å²) in [5, 5.41) is 23.2. The van der Waals surface area contributed by atoms with Crippen LogP contribution < -0.4 is 21.9 Å². The number of nitrogens with two attached hydrogens (primary N) is 1. The SMILES string of the molecule is Nc1nc2ncc(CNc3ccc(C(=O)N[C@@H](CCC(=O)O)C(=O)O)cc3)nc2c(=O)[nH]1.[Au].[Au]. The summed E-state index contributed by atoms with van der Waals surface area (Å²) >= 11 is 0. The number of carbonyl (C=O) groups is 3. The summed E-state index contributed by atoms with van der Waals surface area (Å²) in [6, 6.07) is 4.86. The molecule has 0 spiro atoms. The molecule has 0 saturated heterocycles. The monoisotopic (exact) mass is 835 g/mol. The molecule has 7 N–H and O–H groups in total. The number of nitrogens with zero attached hydrogens (tertiary/aromatic N) is 3. The Balaban J connectivity index is 0.00000289. The van der Waals surface area contributed by atoms with Crippen LogP contribution in [0, 0.1) is 0 Å². The first-order chi connectivity index (χ1) is 15.2. The number of H-pyrrole nitrogens is 1. The van der Waals surface area contributed by atoms with Gasteiger partial charge in [-0.15, -0.1) is 0 Å². The van der Waals surface area contributed by atoms with Crippen LogP contribution in [0.4, 0.5) is 11.6 Å². The van der Waals surface area contributed by atoms with E-state index in [1.165, 1.54) is 18.3 Å². The second kappa shape index (κ2) is 13.0. The molecule has 0 unspecified atom stereocenters. The van der Waals surface area contributed by atoms with E-state index in [4.69, 9.17) is 15.9 Å². The maximum absolute atomic E-state index is 12.3. The van der Waals surface area contributed by atoms with Crippen LogP contribution in [0.2, 0.25) is 0 Å². The minimum atomic E-state index is -1.31. The summed E-state index contributed by atoms with van der Waals surface area (Å²) in [4.78, 5) is 60.6. The Bertz CT molecular complexity index is 1240. The van der Waals surface area contributed by atoms with E-state index in [2.05, 4.69) is 30.6 Å². The summed E-state index contributed by atoms with van der Waals surface area (Å²) in [7, 11) is 0. The van der Waals surface area contributed by atoms with Crippen LogP contribution in [0.5, 0.6) is 0 Å². The van der Waals surface area contributed by atoms with Crippen molar-refractivity contribution in [2.45, 2.75) is 25.4 Å². The Hall–Kier alpha value is -3.07. The summed E-state index contributed by atoms with van der Waals surface area (Å²) in [5.74, 6) is -3.16. The molecule has 0 bridgehead atoms. The number of aromatic nitrogens is 4. The molecule has 0 fully saturated rings. The number of hydrogen-bond acceptors (Lipinski definition) is 9. The van der Waals surface area contributed by atoms with Crippen molar-refractivity contribution in [3.05, 3.63) is 52.1 Å². The Morgan fingerprint density at radius 1 is 1.09 bits per heavy atom. The van der Waals surface area contributed by atoms with Crippen LogP contribution in [0.25, 0.3) is 11.2 Å². The smallest absolute Gasteiger partial charge is 0.326 e. The van der Waals surface area contributed by atoms with E-state index in [0.29, 0.717) is 11.4 Å². The van der Waals surface area contributed by atoms with Crippen LogP contribution in [0.3, 0.4) is 0 Å². The normalized spacial score (nSPS) is 10.9. The van der Waals surface area contributed by atoms with Crippen molar-refractivity contribution in [2.75, 3.05) is 11.1 Å². The Labute approximate surface area is 223 Å². The summed E-state index contributed by atoms with van der Waals surface area (Å²) in [6.45, 7) is 0.231.